The minimum atomic E-state index is -0.0665. The molecule has 0 spiro atoms. The summed E-state index contributed by atoms with van der Waals surface area (Å²) in [5, 5.41) is 0. The van der Waals surface area contributed by atoms with Gasteiger partial charge < -0.3 is 5.73 Å². The average Bonchev–Trinajstić information content (AvgIpc) is 2.75. The second-order valence-electron chi connectivity index (χ2n) is 4.77. The third-order valence-corrected chi connectivity index (χ3v) is 3.99. The van der Waals surface area contributed by atoms with Crippen molar-refractivity contribution in [2.24, 2.45) is 17.1 Å². The molecule has 0 aliphatic heterocycles. The molecule has 0 saturated heterocycles. The van der Waals surface area contributed by atoms with Crippen molar-refractivity contribution in [3.8, 4) is 0 Å². The Bertz CT molecular complexity index is 386. The zero-order valence-corrected chi connectivity index (χ0v) is 9.77. The van der Waals surface area contributed by atoms with Gasteiger partial charge in [0.2, 0.25) is 0 Å². The lowest BCUT2D eigenvalue weighted by molar-refractivity contribution is 0.290. The molecule has 1 aromatic heterocycles. The molecule has 4 nitrogen and oxygen atoms in total. The number of aromatic nitrogens is 2. The van der Waals surface area contributed by atoms with E-state index in [4.69, 9.17) is 5.73 Å². The minimum absolute atomic E-state index is 0.0665. The molecule has 0 radical (unpaired) electrons. The lowest BCUT2D eigenvalue weighted by Gasteiger charge is -2.26. The second kappa shape index (κ2) is 4.06. The number of nitrogens with zero attached hydrogens (tertiary/aromatic N) is 1. The predicted octanol–water partition coefficient (Wildman–Crippen LogP) is 1.14. The van der Waals surface area contributed by atoms with Gasteiger partial charge in [-0.2, -0.15) is 4.37 Å². The first-order chi connectivity index (χ1) is 7.13. The third-order valence-electron chi connectivity index (χ3n) is 3.41. The smallest absolute Gasteiger partial charge is 0.323 e. The van der Waals surface area contributed by atoms with E-state index in [1.54, 1.807) is 0 Å². The third kappa shape index (κ3) is 2.29. The van der Waals surface area contributed by atoms with E-state index >= 15 is 0 Å². The van der Waals surface area contributed by atoms with Crippen LogP contribution in [0.4, 0.5) is 0 Å². The normalized spacial score (nSPS) is 30.9. The molecule has 1 aliphatic carbocycles. The van der Waals surface area contributed by atoms with Crippen molar-refractivity contribution >= 4 is 11.5 Å². The van der Waals surface area contributed by atoms with Gasteiger partial charge in [0.25, 0.3) is 0 Å². The Labute approximate surface area is 93.1 Å². The zero-order chi connectivity index (χ0) is 10.9. The summed E-state index contributed by atoms with van der Waals surface area (Å²) in [5.74, 6) is 1.56. The van der Waals surface area contributed by atoms with Gasteiger partial charge in [-0.1, -0.05) is 13.3 Å². The van der Waals surface area contributed by atoms with E-state index in [-0.39, 0.29) is 10.3 Å². The zero-order valence-electron chi connectivity index (χ0n) is 8.95. The van der Waals surface area contributed by atoms with Crippen molar-refractivity contribution in [2.45, 2.75) is 32.6 Å². The fraction of sp³-hybridized carbons (Fsp3) is 0.800. The number of nitrogens with two attached hydrogens (primary N) is 1. The van der Waals surface area contributed by atoms with Crippen LogP contribution < -0.4 is 10.6 Å². The summed E-state index contributed by atoms with van der Waals surface area (Å²) in [6, 6.07) is 0. The summed E-state index contributed by atoms with van der Waals surface area (Å²) in [5.41, 5.74) is 6.05. The van der Waals surface area contributed by atoms with E-state index in [0.29, 0.717) is 6.54 Å². The summed E-state index contributed by atoms with van der Waals surface area (Å²) in [7, 11) is 0. The number of hydrogen-bond donors (Lipinski definition) is 2. The largest absolute Gasteiger partial charge is 0.330 e. The topological polar surface area (TPSA) is 71.8 Å². The Balaban J connectivity index is 2.11. The molecule has 1 fully saturated rings. The van der Waals surface area contributed by atoms with Crippen LogP contribution in [0.2, 0.25) is 0 Å². The number of nitrogens with one attached hydrogen (secondary N) is 1. The number of H-pyrrole nitrogens is 1. The Morgan fingerprint density at radius 1 is 1.73 bits per heavy atom. The highest BCUT2D eigenvalue weighted by Crippen LogP contribution is 2.42. The minimum Gasteiger partial charge on any atom is -0.330 e. The monoisotopic (exact) mass is 227 g/mol. The molecule has 1 saturated carbocycles. The first kappa shape index (κ1) is 10.8. The number of aromatic amines is 1. The summed E-state index contributed by atoms with van der Waals surface area (Å²) < 4.78 is 4.12. The molecule has 0 bridgehead atoms. The molecule has 2 atom stereocenters. The van der Waals surface area contributed by atoms with Crippen molar-refractivity contribution < 1.29 is 0 Å². The van der Waals surface area contributed by atoms with E-state index in [1.807, 2.05) is 0 Å². The van der Waals surface area contributed by atoms with Crippen LogP contribution in [0.1, 0.15) is 32.0 Å². The van der Waals surface area contributed by atoms with Crippen molar-refractivity contribution in [3.63, 3.8) is 0 Å². The molecular formula is C10H17N3OS. The fourth-order valence-electron chi connectivity index (χ4n) is 2.61. The summed E-state index contributed by atoms with van der Waals surface area (Å²) in [4.78, 5) is 13.7. The van der Waals surface area contributed by atoms with E-state index < -0.39 is 0 Å². The molecule has 3 N–H and O–H groups in total. The first-order valence-electron chi connectivity index (χ1n) is 5.38. The Morgan fingerprint density at radius 3 is 3.00 bits per heavy atom. The molecule has 2 rings (SSSR count). The molecular weight excluding hydrogens is 210 g/mol. The highest BCUT2D eigenvalue weighted by Gasteiger charge is 2.37. The van der Waals surface area contributed by atoms with Crippen molar-refractivity contribution in [3.05, 3.63) is 15.5 Å². The van der Waals surface area contributed by atoms with Gasteiger partial charge in [-0.05, 0) is 30.7 Å². The van der Waals surface area contributed by atoms with Gasteiger partial charge in [-0.15, -0.1) is 0 Å². The molecule has 15 heavy (non-hydrogen) atoms. The Kier molecular flexibility index (Phi) is 2.93. The maximum absolute atomic E-state index is 11.0. The van der Waals surface area contributed by atoms with Gasteiger partial charge in [0, 0.05) is 18.0 Å². The molecule has 1 heterocycles. The van der Waals surface area contributed by atoms with Gasteiger partial charge in [0.05, 0.1) is 0 Å². The molecule has 1 aliphatic rings. The van der Waals surface area contributed by atoms with Crippen molar-refractivity contribution in [2.75, 3.05) is 6.54 Å². The van der Waals surface area contributed by atoms with E-state index in [0.717, 1.165) is 42.5 Å². The standard InChI is InChI=1S/C10H17N3OS/c1-7-2-3-10(4-7,6-11)5-8-12-9(14)15-13-8/h7H,2-6,11H2,1H3,(H,12,13,14)/t7-,10-/m1/s1. The molecule has 84 valence electrons. The van der Waals surface area contributed by atoms with Crippen molar-refractivity contribution in [1.82, 2.24) is 9.36 Å². The van der Waals surface area contributed by atoms with E-state index in [1.165, 1.54) is 6.42 Å². The fourth-order valence-corrected chi connectivity index (χ4v) is 3.07. The van der Waals surface area contributed by atoms with E-state index in [2.05, 4.69) is 16.3 Å². The van der Waals surface area contributed by atoms with Gasteiger partial charge >= 0.3 is 4.87 Å². The SMILES string of the molecule is C[C@@H]1CC[C@](CN)(Cc2nsc(=O)[nH]2)C1. The number of hydrogen-bond acceptors (Lipinski definition) is 4. The maximum Gasteiger partial charge on any atom is 0.323 e. The Morgan fingerprint density at radius 2 is 2.53 bits per heavy atom. The van der Waals surface area contributed by atoms with Gasteiger partial charge in [0.15, 0.2) is 0 Å². The maximum atomic E-state index is 11.0. The first-order valence-corrected chi connectivity index (χ1v) is 6.16. The lowest BCUT2D eigenvalue weighted by Crippen LogP contribution is -2.30. The molecule has 0 amide bonds. The Hall–Kier alpha value is -0.680. The van der Waals surface area contributed by atoms with Crippen LogP contribution >= 0.6 is 11.5 Å². The van der Waals surface area contributed by atoms with Crippen LogP contribution in [0, 0.1) is 11.3 Å². The highest BCUT2D eigenvalue weighted by atomic mass is 32.1. The lowest BCUT2D eigenvalue weighted by atomic mass is 9.82. The van der Waals surface area contributed by atoms with Gasteiger partial charge in [-0.25, -0.2) is 0 Å². The summed E-state index contributed by atoms with van der Waals surface area (Å²) in [6.07, 6.45) is 4.38. The van der Waals surface area contributed by atoms with Gasteiger partial charge in [0.1, 0.15) is 5.82 Å². The number of rotatable bonds is 3. The quantitative estimate of drug-likeness (QED) is 0.813. The molecule has 0 aromatic carbocycles. The van der Waals surface area contributed by atoms with Crippen LogP contribution in [0.15, 0.2) is 4.79 Å². The van der Waals surface area contributed by atoms with Crippen LogP contribution in [0.5, 0.6) is 0 Å². The molecule has 0 unspecified atom stereocenters. The average molecular weight is 227 g/mol. The summed E-state index contributed by atoms with van der Waals surface area (Å²) in [6.45, 7) is 2.96. The molecule has 5 heteroatoms. The van der Waals surface area contributed by atoms with Crippen molar-refractivity contribution in [1.29, 1.82) is 0 Å². The van der Waals surface area contributed by atoms with Gasteiger partial charge in [-0.3, -0.25) is 9.78 Å². The molecule has 1 aromatic rings. The van der Waals surface area contributed by atoms with Crippen LogP contribution in [0.3, 0.4) is 0 Å². The highest BCUT2D eigenvalue weighted by molar-refractivity contribution is 7.02. The second-order valence-corrected chi connectivity index (χ2v) is 5.51. The summed E-state index contributed by atoms with van der Waals surface area (Å²) >= 11 is 0.996. The van der Waals surface area contributed by atoms with Crippen LogP contribution in [-0.4, -0.2) is 15.9 Å². The van der Waals surface area contributed by atoms with E-state index in [9.17, 15) is 4.79 Å². The predicted molar refractivity (Wildman–Crippen MR) is 60.9 cm³/mol. The van der Waals surface area contributed by atoms with Crippen LogP contribution in [-0.2, 0) is 6.42 Å². The van der Waals surface area contributed by atoms with Crippen LogP contribution in [0.25, 0.3) is 0 Å².